The fourth-order valence-corrected chi connectivity index (χ4v) is 8.46. The van der Waals surface area contributed by atoms with Crippen LogP contribution in [-0.2, 0) is 0 Å². The van der Waals surface area contributed by atoms with E-state index < -0.39 is 0 Å². The molecule has 0 aromatic carbocycles. The van der Waals surface area contributed by atoms with Gasteiger partial charge in [-0.3, -0.25) is 0 Å². The molecule has 0 aromatic heterocycles. The van der Waals surface area contributed by atoms with Crippen molar-refractivity contribution in [2.75, 3.05) is 0 Å². The van der Waals surface area contributed by atoms with E-state index in [1.165, 1.54) is 32.1 Å². The lowest BCUT2D eigenvalue weighted by molar-refractivity contribution is -0.111. The van der Waals surface area contributed by atoms with Gasteiger partial charge in [0, 0.05) is 0 Å². The summed E-state index contributed by atoms with van der Waals surface area (Å²) in [5, 5.41) is 0. The average Bonchev–Trinajstić information content (AvgIpc) is 3.00. The molecule has 0 heteroatoms. The second-order valence-electron chi connectivity index (χ2n) is 11.2. The van der Waals surface area contributed by atoms with E-state index in [-0.39, 0.29) is 0 Å². The summed E-state index contributed by atoms with van der Waals surface area (Å²) in [6, 6.07) is 0. The zero-order valence-corrected chi connectivity index (χ0v) is 17.5. The number of hydrogen-bond donors (Lipinski definition) is 0. The Morgan fingerprint density at radius 3 is 2.52 bits per heavy atom. The van der Waals surface area contributed by atoms with Crippen molar-refractivity contribution in [1.82, 2.24) is 0 Å². The third-order valence-corrected chi connectivity index (χ3v) is 10.0. The van der Waals surface area contributed by atoms with Crippen molar-refractivity contribution in [3.05, 3.63) is 0 Å². The maximum atomic E-state index is 2.75. The van der Waals surface area contributed by atoms with Gasteiger partial charge in [-0.15, -0.1) is 0 Å². The standard InChI is InChI=1S/C25H44/c1-4-5-6-7-9-19-13-17-25(3)20(18-19)11-12-21-22-10-8-15-24(22,2)16-14-23(21)25/h19-23H,4-18H2,1-3H3/t19?,20-,21-,22-,23-,24-,25-/m0/s1. The molecular formula is C25H44. The molecule has 0 saturated heterocycles. The van der Waals surface area contributed by atoms with Crippen molar-refractivity contribution in [3.63, 3.8) is 0 Å². The second-order valence-corrected chi connectivity index (χ2v) is 11.2. The fourth-order valence-electron chi connectivity index (χ4n) is 8.46. The summed E-state index contributed by atoms with van der Waals surface area (Å²) in [6.45, 7) is 7.74. The van der Waals surface area contributed by atoms with Crippen LogP contribution in [0.5, 0.6) is 0 Å². The summed E-state index contributed by atoms with van der Waals surface area (Å²) in [5.74, 6) is 5.43. The molecule has 0 aliphatic heterocycles. The smallest absolute Gasteiger partial charge is 0.0266 e. The van der Waals surface area contributed by atoms with E-state index in [0.29, 0.717) is 5.41 Å². The first-order valence-electron chi connectivity index (χ1n) is 12.1. The van der Waals surface area contributed by atoms with Gasteiger partial charge in [-0.25, -0.2) is 0 Å². The van der Waals surface area contributed by atoms with E-state index in [2.05, 4.69) is 20.8 Å². The van der Waals surface area contributed by atoms with Crippen LogP contribution in [0.4, 0.5) is 0 Å². The summed E-state index contributed by atoms with van der Waals surface area (Å²) in [4.78, 5) is 0. The first kappa shape index (κ1) is 18.4. The summed E-state index contributed by atoms with van der Waals surface area (Å²) in [6.07, 6.45) is 23.0. The van der Waals surface area contributed by atoms with Crippen molar-refractivity contribution in [3.8, 4) is 0 Å². The van der Waals surface area contributed by atoms with Crippen molar-refractivity contribution in [2.24, 2.45) is 40.4 Å². The highest BCUT2D eigenvalue weighted by atomic mass is 14.6. The van der Waals surface area contributed by atoms with Crippen LogP contribution >= 0.6 is 0 Å². The molecule has 0 nitrogen and oxygen atoms in total. The Bertz CT molecular complexity index is 453. The van der Waals surface area contributed by atoms with Crippen LogP contribution in [0.15, 0.2) is 0 Å². The zero-order valence-electron chi connectivity index (χ0n) is 17.5. The van der Waals surface area contributed by atoms with Gasteiger partial charge in [0.15, 0.2) is 0 Å². The molecule has 4 rings (SSSR count). The van der Waals surface area contributed by atoms with Crippen molar-refractivity contribution in [1.29, 1.82) is 0 Å². The van der Waals surface area contributed by atoms with Gasteiger partial charge in [-0.1, -0.05) is 59.3 Å². The zero-order chi connectivity index (χ0) is 17.5. The number of rotatable bonds is 5. The molecule has 4 aliphatic rings. The summed E-state index contributed by atoms with van der Waals surface area (Å²) < 4.78 is 0. The molecule has 0 aromatic rings. The predicted octanol–water partition coefficient (Wildman–Crippen LogP) is 8.01. The number of unbranched alkanes of at least 4 members (excludes halogenated alkanes) is 3. The fraction of sp³-hybridized carbons (Fsp3) is 1.00. The van der Waals surface area contributed by atoms with E-state index in [1.54, 1.807) is 64.2 Å². The lowest BCUT2D eigenvalue weighted by atomic mass is 9.44. The van der Waals surface area contributed by atoms with Gasteiger partial charge in [0.05, 0.1) is 0 Å². The Balaban J connectivity index is 1.40. The third-order valence-electron chi connectivity index (χ3n) is 10.0. The van der Waals surface area contributed by atoms with Gasteiger partial charge in [0.1, 0.15) is 0 Å². The molecular weight excluding hydrogens is 300 g/mol. The van der Waals surface area contributed by atoms with Gasteiger partial charge in [-0.05, 0) is 98.2 Å². The van der Waals surface area contributed by atoms with Gasteiger partial charge in [0.2, 0.25) is 0 Å². The van der Waals surface area contributed by atoms with Crippen LogP contribution in [0.25, 0.3) is 0 Å². The van der Waals surface area contributed by atoms with Crippen LogP contribution in [-0.4, -0.2) is 0 Å². The quantitative estimate of drug-likeness (QED) is 0.443. The minimum Gasteiger partial charge on any atom is -0.0654 e. The minimum atomic E-state index is 0.715. The normalized spacial score (nSPS) is 49.3. The average molecular weight is 345 g/mol. The predicted molar refractivity (Wildman–Crippen MR) is 109 cm³/mol. The lowest BCUT2D eigenvalue weighted by Crippen LogP contribution is -2.52. The lowest BCUT2D eigenvalue weighted by Gasteiger charge is -2.60. The largest absolute Gasteiger partial charge is 0.0654 e. The Labute approximate surface area is 157 Å². The summed E-state index contributed by atoms with van der Waals surface area (Å²) in [5.41, 5.74) is 1.45. The van der Waals surface area contributed by atoms with E-state index in [1.807, 2.05) is 0 Å². The van der Waals surface area contributed by atoms with Crippen molar-refractivity contribution in [2.45, 2.75) is 117 Å². The first-order chi connectivity index (χ1) is 12.1. The second kappa shape index (κ2) is 7.20. The van der Waals surface area contributed by atoms with Crippen molar-refractivity contribution < 1.29 is 0 Å². The molecule has 0 N–H and O–H groups in total. The third kappa shape index (κ3) is 3.23. The molecule has 4 aliphatic carbocycles. The molecule has 144 valence electrons. The molecule has 0 bridgehead atoms. The molecule has 0 spiro atoms. The van der Waals surface area contributed by atoms with Gasteiger partial charge < -0.3 is 0 Å². The van der Waals surface area contributed by atoms with E-state index in [9.17, 15) is 0 Å². The van der Waals surface area contributed by atoms with Gasteiger partial charge >= 0.3 is 0 Å². The van der Waals surface area contributed by atoms with Gasteiger partial charge in [0.25, 0.3) is 0 Å². The van der Waals surface area contributed by atoms with Crippen LogP contribution in [0.3, 0.4) is 0 Å². The van der Waals surface area contributed by atoms with E-state index >= 15 is 0 Å². The molecule has 25 heavy (non-hydrogen) atoms. The Morgan fingerprint density at radius 2 is 1.68 bits per heavy atom. The molecule has 0 amide bonds. The molecule has 1 unspecified atom stereocenters. The highest BCUT2D eigenvalue weighted by molar-refractivity contribution is 5.07. The SMILES string of the molecule is CCCCCCC1CC[C@@]2(C)[C@@H](CC[C@H]3[C@@H]4CCC[C@@]4(C)CC[C@@H]32)C1. The Morgan fingerprint density at radius 1 is 0.800 bits per heavy atom. The summed E-state index contributed by atoms with van der Waals surface area (Å²) >= 11 is 0. The highest BCUT2D eigenvalue weighted by Crippen LogP contribution is 2.66. The summed E-state index contributed by atoms with van der Waals surface area (Å²) in [7, 11) is 0. The van der Waals surface area contributed by atoms with Gasteiger partial charge in [-0.2, -0.15) is 0 Å². The van der Waals surface area contributed by atoms with Crippen LogP contribution < -0.4 is 0 Å². The van der Waals surface area contributed by atoms with E-state index in [4.69, 9.17) is 0 Å². The van der Waals surface area contributed by atoms with Crippen LogP contribution in [0, 0.1) is 40.4 Å². The van der Waals surface area contributed by atoms with Crippen LogP contribution in [0.2, 0.25) is 0 Å². The molecule has 4 saturated carbocycles. The molecule has 0 radical (unpaired) electrons. The van der Waals surface area contributed by atoms with Crippen LogP contribution in [0.1, 0.15) is 117 Å². The number of fused-ring (bicyclic) bond motifs is 5. The highest BCUT2D eigenvalue weighted by Gasteiger charge is 2.57. The maximum absolute atomic E-state index is 2.75. The van der Waals surface area contributed by atoms with Crippen molar-refractivity contribution >= 4 is 0 Å². The van der Waals surface area contributed by atoms with E-state index in [0.717, 1.165) is 35.0 Å². The minimum absolute atomic E-state index is 0.715. The monoisotopic (exact) mass is 344 g/mol. The molecule has 4 fully saturated rings. The number of hydrogen-bond acceptors (Lipinski definition) is 0. The molecule has 0 heterocycles. The topological polar surface area (TPSA) is 0 Å². The maximum Gasteiger partial charge on any atom is -0.0266 e. The Kier molecular flexibility index (Phi) is 5.29. The first-order valence-corrected chi connectivity index (χ1v) is 12.1. The Hall–Kier alpha value is 0. The molecule has 7 atom stereocenters.